The number of piperazine rings is 1. The van der Waals surface area contributed by atoms with Crippen LogP contribution in [0.3, 0.4) is 0 Å². The Bertz CT molecular complexity index is 319. The van der Waals surface area contributed by atoms with Gasteiger partial charge in [-0.3, -0.25) is 9.59 Å². The number of hydrogen-bond acceptors (Lipinski definition) is 3. The lowest BCUT2D eigenvalue weighted by Gasteiger charge is -2.38. The van der Waals surface area contributed by atoms with Crippen LogP contribution in [0.25, 0.3) is 0 Å². The van der Waals surface area contributed by atoms with Crippen LogP contribution in [0.1, 0.15) is 19.8 Å². The Kier molecular flexibility index (Phi) is 3.66. The summed E-state index contributed by atoms with van der Waals surface area (Å²) < 4.78 is 0. The molecule has 0 aliphatic carbocycles. The quantitative estimate of drug-likeness (QED) is 0.682. The van der Waals surface area contributed by atoms with Crippen LogP contribution >= 0.6 is 0 Å². The average molecular weight is 239 g/mol. The van der Waals surface area contributed by atoms with Crippen molar-refractivity contribution in [3.8, 4) is 0 Å². The molecular weight excluding hydrogens is 218 g/mol. The van der Waals surface area contributed by atoms with Crippen molar-refractivity contribution in [2.45, 2.75) is 25.8 Å². The van der Waals surface area contributed by atoms with Gasteiger partial charge in [-0.15, -0.1) is 0 Å². The maximum absolute atomic E-state index is 12.3. The third-order valence-corrected chi connectivity index (χ3v) is 3.79. The summed E-state index contributed by atoms with van der Waals surface area (Å²) in [4.78, 5) is 27.6. The Morgan fingerprint density at radius 2 is 2.18 bits per heavy atom. The van der Waals surface area contributed by atoms with Gasteiger partial charge in [0.05, 0.1) is 0 Å². The molecule has 2 saturated heterocycles. The zero-order valence-corrected chi connectivity index (χ0v) is 10.6. The summed E-state index contributed by atoms with van der Waals surface area (Å²) in [6.07, 6.45) is 1.18. The van der Waals surface area contributed by atoms with Crippen molar-refractivity contribution in [1.29, 1.82) is 0 Å². The lowest BCUT2D eigenvalue weighted by atomic mass is 9.94. The largest absolute Gasteiger partial charge is 0.346 e. The van der Waals surface area contributed by atoms with Gasteiger partial charge in [0.25, 0.3) is 0 Å². The molecule has 0 saturated carbocycles. The molecule has 96 valence electrons. The highest BCUT2D eigenvalue weighted by Crippen LogP contribution is 2.21. The second kappa shape index (κ2) is 5.04. The van der Waals surface area contributed by atoms with E-state index in [2.05, 4.69) is 12.2 Å². The van der Waals surface area contributed by atoms with Gasteiger partial charge in [-0.2, -0.15) is 0 Å². The SMILES string of the molecule is C[C@H]1CNCCN1C(=O)C1CCN(C)C(=O)C1. The molecule has 2 aliphatic heterocycles. The summed E-state index contributed by atoms with van der Waals surface area (Å²) in [6, 6.07) is 0.242. The lowest BCUT2D eigenvalue weighted by molar-refractivity contribution is -0.146. The molecule has 5 heteroatoms. The molecule has 2 rings (SSSR count). The smallest absolute Gasteiger partial charge is 0.226 e. The Hall–Kier alpha value is -1.10. The van der Waals surface area contributed by atoms with E-state index >= 15 is 0 Å². The fourth-order valence-electron chi connectivity index (χ4n) is 2.56. The fraction of sp³-hybridized carbons (Fsp3) is 0.833. The van der Waals surface area contributed by atoms with Gasteiger partial charge in [0.15, 0.2) is 0 Å². The molecule has 5 nitrogen and oxygen atoms in total. The van der Waals surface area contributed by atoms with Gasteiger partial charge in [-0.05, 0) is 13.3 Å². The molecule has 2 atom stereocenters. The Morgan fingerprint density at radius 1 is 1.41 bits per heavy atom. The van der Waals surface area contributed by atoms with Crippen molar-refractivity contribution in [2.75, 3.05) is 33.2 Å². The summed E-state index contributed by atoms with van der Waals surface area (Å²) in [6.45, 7) is 5.24. The molecule has 0 aromatic heterocycles. The molecule has 2 amide bonds. The highest BCUT2D eigenvalue weighted by Gasteiger charge is 2.33. The normalized spacial score (nSPS) is 30.6. The number of piperidine rings is 1. The molecule has 1 N–H and O–H groups in total. The van der Waals surface area contributed by atoms with Crippen molar-refractivity contribution in [3.05, 3.63) is 0 Å². The van der Waals surface area contributed by atoms with E-state index < -0.39 is 0 Å². The first-order chi connectivity index (χ1) is 8.09. The first-order valence-corrected chi connectivity index (χ1v) is 6.34. The third-order valence-electron chi connectivity index (χ3n) is 3.79. The standard InChI is InChI=1S/C12H21N3O2/c1-9-8-13-4-6-15(9)12(17)10-3-5-14(2)11(16)7-10/h9-10,13H,3-8H2,1-2H3/t9-,10?/m0/s1. The molecule has 1 unspecified atom stereocenters. The van der Waals surface area contributed by atoms with E-state index in [1.807, 2.05) is 4.90 Å². The highest BCUT2D eigenvalue weighted by atomic mass is 16.2. The van der Waals surface area contributed by atoms with Gasteiger partial charge in [0.2, 0.25) is 11.8 Å². The van der Waals surface area contributed by atoms with Crippen LogP contribution in [0.15, 0.2) is 0 Å². The molecule has 2 heterocycles. The monoisotopic (exact) mass is 239 g/mol. The van der Waals surface area contributed by atoms with Crippen molar-refractivity contribution >= 4 is 11.8 Å². The van der Waals surface area contributed by atoms with Crippen LogP contribution in [-0.4, -0.2) is 60.9 Å². The summed E-state index contributed by atoms with van der Waals surface area (Å²) in [5, 5.41) is 3.27. The maximum atomic E-state index is 12.3. The zero-order valence-electron chi connectivity index (χ0n) is 10.6. The molecule has 17 heavy (non-hydrogen) atoms. The van der Waals surface area contributed by atoms with Crippen molar-refractivity contribution < 1.29 is 9.59 Å². The number of carbonyl (C=O) groups excluding carboxylic acids is 2. The van der Waals surface area contributed by atoms with E-state index in [0.717, 1.165) is 26.1 Å². The van der Waals surface area contributed by atoms with E-state index in [9.17, 15) is 9.59 Å². The molecule has 2 aliphatic rings. The minimum absolute atomic E-state index is 0.0948. The Labute approximate surface area is 102 Å². The zero-order chi connectivity index (χ0) is 12.4. The fourth-order valence-corrected chi connectivity index (χ4v) is 2.56. The summed E-state index contributed by atoms with van der Waals surface area (Å²) >= 11 is 0. The van der Waals surface area contributed by atoms with Crippen LogP contribution in [-0.2, 0) is 9.59 Å². The van der Waals surface area contributed by atoms with Crippen molar-refractivity contribution in [2.24, 2.45) is 5.92 Å². The van der Waals surface area contributed by atoms with Crippen molar-refractivity contribution in [1.82, 2.24) is 15.1 Å². The second-order valence-electron chi connectivity index (χ2n) is 5.09. The number of hydrogen-bond donors (Lipinski definition) is 1. The molecule has 0 radical (unpaired) electrons. The first kappa shape index (κ1) is 12.4. The summed E-state index contributed by atoms with van der Waals surface area (Å²) in [7, 11) is 1.80. The van der Waals surface area contributed by atoms with E-state index in [-0.39, 0.29) is 23.8 Å². The van der Waals surface area contributed by atoms with Gasteiger partial charge in [-0.1, -0.05) is 0 Å². The van der Waals surface area contributed by atoms with Gasteiger partial charge in [-0.25, -0.2) is 0 Å². The van der Waals surface area contributed by atoms with E-state index in [1.165, 1.54) is 0 Å². The predicted molar refractivity (Wildman–Crippen MR) is 64.4 cm³/mol. The van der Waals surface area contributed by atoms with Gasteiger partial charge in [0.1, 0.15) is 0 Å². The van der Waals surface area contributed by atoms with Crippen LogP contribution in [0.4, 0.5) is 0 Å². The third kappa shape index (κ3) is 2.60. The van der Waals surface area contributed by atoms with Gasteiger partial charge in [0, 0.05) is 51.6 Å². The summed E-state index contributed by atoms with van der Waals surface area (Å²) in [5.41, 5.74) is 0. The molecule has 0 bridgehead atoms. The van der Waals surface area contributed by atoms with Crippen molar-refractivity contribution in [3.63, 3.8) is 0 Å². The predicted octanol–water partition coefficient (Wildman–Crippen LogP) is -0.325. The highest BCUT2D eigenvalue weighted by molar-refractivity contribution is 5.87. The van der Waals surface area contributed by atoms with E-state index in [1.54, 1.807) is 11.9 Å². The molecule has 0 spiro atoms. The number of carbonyl (C=O) groups is 2. The minimum Gasteiger partial charge on any atom is -0.346 e. The molecule has 2 fully saturated rings. The number of nitrogens with one attached hydrogen (secondary N) is 1. The Balaban J connectivity index is 1.97. The van der Waals surface area contributed by atoms with Crippen LogP contribution in [0.2, 0.25) is 0 Å². The first-order valence-electron chi connectivity index (χ1n) is 6.34. The van der Waals surface area contributed by atoms with E-state index in [0.29, 0.717) is 13.0 Å². The van der Waals surface area contributed by atoms with Crippen LogP contribution in [0, 0.1) is 5.92 Å². The number of rotatable bonds is 1. The molecular formula is C12H21N3O2. The topological polar surface area (TPSA) is 52.7 Å². The molecule has 0 aromatic carbocycles. The van der Waals surface area contributed by atoms with E-state index in [4.69, 9.17) is 0 Å². The summed E-state index contributed by atoms with van der Waals surface area (Å²) in [5.74, 6) is 0.164. The maximum Gasteiger partial charge on any atom is 0.226 e. The number of likely N-dealkylation sites (tertiary alicyclic amines) is 1. The van der Waals surface area contributed by atoms with Gasteiger partial charge < -0.3 is 15.1 Å². The van der Waals surface area contributed by atoms with Crippen LogP contribution in [0.5, 0.6) is 0 Å². The average Bonchev–Trinajstić information content (AvgIpc) is 2.32. The lowest BCUT2D eigenvalue weighted by Crippen LogP contribution is -2.55. The molecule has 0 aromatic rings. The van der Waals surface area contributed by atoms with Crippen LogP contribution < -0.4 is 5.32 Å². The second-order valence-corrected chi connectivity index (χ2v) is 5.09. The number of amides is 2. The van der Waals surface area contributed by atoms with Gasteiger partial charge >= 0.3 is 0 Å². The minimum atomic E-state index is -0.0979. The number of nitrogens with zero attached hydrogens (tertiary/aromatic N) is 2. The Morgan fingerprint density at radius 3 is 2.82 bits per heavy atom.